The number of aliphatic carboxylic acids is 1. The molecule has 2 N–H and O–H groups in total. The van der Waals surface area contributed by atoms with Crippen molar-refractivity contribution in [2.24, 2.45) is 17.8 Å². The SMILES string of the molecule is CCOC(=O)c1cn(C[C@H]2CC[C@H]3CN[C@H](C(=O)O)C[C@H]3C2)cn1.Cl.Cl. The minimum atomic E-state index is -0.746. The monoisotopic (exact) mass is 407 g/mol. The van der Waals surface area contributed by atoms with E-state index in [2.05, 4.69) is 10.3 Å². The molecule has 0 spiro atoms. The quantitative estimate of drug-likeness (QED) is 0.727. The second kappa shape index (κ2) is 10.1. The third kappa shape index (κ3) is 5.34. The lowest BCUT2D eigenvalue weighted by atomic mass is 9.69. The maximum absolute atomic E-state index is 11.7. The van der Waals surface area contributed by atoms with E-state index in [1.165, 1.54) is 0 Å². The molecule has 148 valence electrons. The number of halogens is 2. The van der Waals surface area contributed by atoms with Crippen molar-refractivity contribution >= 4 is 36.8 Å². The number of nitrogens with one attached hydrogen (secondary N) is 1. The highest BCUT2D eigenvalue weighted by Gasteiger charge is 2.37. The molecule has 2 aliphatic rings. The molecular formula is C17H27Cl2N3O4. The van der Waals surface area contributed by atoms with Crippen LogP contribution in [0.1, 0.15) is 43.1 Å². The number of imidazole rings is 1. The fourth-order valence-corrected chi connectivity index (χ4v) is 4.08. The average molecular weight is 408 g/mol. The number of piperidine rings is 1. The van der Waals surface area contributed by atoms with E-state index in [9.17, 15) is 14.7 Å². The Balaban J connectivity index is 0.00000169. The summed E-state index contributed by atoms with van der Waals surface area (Å²) in [4.78, 5) is 27.0. The van der Waals surface area contributed by atoms with Gasteiger partial charge in [-0.3, -0.25) is 4.79 Å². The number of carboxylic acid groups (broad SMARTS) is 1. The van der Waals surface area contributed by atoms with Crippen molar-refractivity contribution in [3.05, 3.63) is 18.2 Å². The number of hydrogen-bond acceptors (Lipinski definition) is 5. The van der Waals surface area contributed by atoms with Crippen molar-refractivity contribution < 1.29 is 19.4 Å². The average Bonchev–Trinajstić information content (AvgIpc) is 3.03. The number of rotatable bonds is 5. The topological polar surface area (TPSA) is 93.5 Å². The van der Waals surface area contributed by atoms with Crippen LogP contribution < -0.4 is 5.32 Å². The highest BCUT2D eigenvalue weighted by Crippen LogP contribution is 2.39. The fraction of sp³-hybridized carbons (Fsp3) is 0.706. The first-order chi connectivity index (χ1) is 11.6. The van der Waals surface area contributed by atoms with Crippen LogP contribution in [0.4, 0.5) is 0 Å². The van der Waals surface area contributed by atoms with E-state index in [1.54, 1.807) is 19.4 Å². The van der Waals surface area contributed by atoms with Crippen molar-refractivity contribution in [2.75, 3.05) is 13.2 Å². The number of fused-ring (bicyclic) bond motifs is 1. The minimum Gasteiger partial charge on any atom is -0.480 e. The second-order valence-electron chi connectivity index (χ2n) is 6.91. The van der Waals surface area contributed by atoms with E-state index in [4.69, 9.17) is 4.74 Å². The molecule has 9 heteroatoms. The highest BCUT2D eigenvalue weighted by atomic mass is 35.5. The van der Waals surface area contributed by atoms with E-state index in [1.807, 2.05) is 4.57 Å². The van der Waals surface area contributed by atoms with Crippen LogP contribution in [0, 0.1) is 17.8 Å². The third-order valence-corrected chi connectivity index (χ3v) is 5.30. The molecule has 1 aliphatic carbocycles. The summed E-state index contributed by atoms with van der Waals surface area (Å²) in [6.07, 6.45) is 7.45. The zero-order chi connectivity index (χ0) is 17.1. The highest BCUT2D eigenvalue weighted by molar-refractivity contribution is 5.86. The molecule has 2 fully saturated rings. The maximum Gasteiger partial charge on any atom is 0.358 e. The number of carbonyl (C=O) groups is 2. The molecule has 0 radical (unpaired) electrons. The Hall–Kier alpha value is -1.31. The predicted octanol–water partition coefficient (Wildman–Crippen LogP) is 2.38. The number of nitrogens with zero attached hydrogens (tertiary/aromatic N) is 2. The molecule has 2 heterocycles. The second-order valence-corrected chi connectivity index (χ2v) is 6.91. The molecule has 0 aromatic carbocycles. The number of ether oxygens (including phenoxy) is 1. The molecule has 1 aromatic heterocycles. The lowest BCUT2D eigenvalue weighted by molar-refractivity contribution is -0.141. The molecule has 0 bridgehead atoms. The smallest absolute Gasteiger partial charge is 0.358 e. The molecule has 0 amide bonds. The van der Waals surface area contributed by atoms with Crippen LogP contribution in [0.2, 0.25) is 0 Å². The summed E-state index contributed by atoms with van der Waals surface area (Å²) >= 11 is 0. The number of esters is 1. The predicted molar refractivity (Wildman–Crippen MR) is 101 cm³/mol. The van der Waals surface area contributed by atoms with Gasteiger partial charge in [0.05, 0.1) is 12.9 Å². The lowest BCUT2D eigenvalue weighted by Crippen LogP contribution is -2.49. The van der Waals surface area contributed by atoms with Crippen molar-refractivity contribution in [1.82, 2.24) is 14.9 Å². The molecule has 26 heavy (non-hydrogen) atoms. The number of aromatic nitrogens is 2. The first-order valence-electron chi connectivity index (χ1n) is 8.72. The summed E-state index contributed by atoms with van der Waals surface area (Å²) in [5, 5.41) is 12.4. The molecule has 1 saturated carbocycles. The van der Waals surface area contributed by atoms with Crippen LogP contribution in [-0.4, -0.2) is 45.8 Å². The summed E-state index contributed by atoms with van der Waals surface area (Å²) in [7, 11) is 0. The van der Waals surface area contributed by atoms with Crippen LogP contribution >= 0.6 is 24.8 Å². The van der Waals surface area contributed by atoms with Gasteiger partial charge in [-0.1, -0.05) is 0 Å². The van der Waals surface area contributed by atoms with Crippen LogP contribution in [0.15, 0.2) is 12.5 Å². The summed E-state index contributed by atoms with van der Waals surface area (Å²) in [6.45, 7) is 3.75. The van der Waals surface area contributed by atoms with E-state index in [0.29, 0.717) is 36.5 Å². The zero-order valence-corrected chi connectivity index (χ0v) is 16.4. The van der Waals surface area contributed by atoms with Crippen LogP contribution in [0.25, 0.3) is 0 Å². The van der Waals surface area contributed by atoms with Gasteiger partial charge in [0.1, 0.15) is 6.04 Å². The van der Waals surface area contributed by atoms with Gasteiger partial charge in [0.15, 0.2) is 5.69 Å². The maximum atomic E-state index is 11.7. The lowest BCUT2D eigenvalue weighted by Gasteiger charge is -2.41. The Labute approximate surface area is 165 Å². The molecule has 4 atom stereocenters. The summed E-state index contributed by atoms with van der Waals surface area (Å²) in [5.74, 6) is 0.434. The summed E-state index contributed by atoms with van der Waals surface area (Å²) in [6, 6.07) is -0.409. The summed E-state index contributed by atoms with van der Waals surface area (Å²) < 4.78 is 6.91. The number of carbonyl (C=O) groups excluding carboxylic acids is 1. The van der Waals surface area contributed by atoms with Crippen LogP contribution in [0.3, 0.4) is 0 Å². The third-order valence-electron chi connectivity index (χ3n) is 5.30. The van der Waals surface area contributed by atoms with Crippen molar-refractivity contribution in [2.45, 2.75) is 45.2 Å². The molecule has 1 aliphatic heterocycles. The van der Waals surface area contributed by atoms with Gasteiger partial charge < -0.3 is 19.7 Å². The van der Waals surface area contributed by atoms with Gasteiger partial charge in [0.2, 0.25) is 0 Å². The largest absolute Gasteiger partial charge is 0.480 e. The Bertz CT molecular complexity index is 611. The van der Waals surface area contributed by atoms with Gasteiger partial charge in [-0.2, -0.15) is 0 Å². The first kappa shape index (κ1) is 22.7. The van der Waals surface area contributed by atoms with Gasteiger partial charge in [0, 0.05) is 12.7 Å². The van der Waals surface area contributed by atoms with E-state index >= 15 is 0 Å². The minimum absolute atomic E-state index is 0. The number of hydrogen-bond donors (Lipinski definition) is 2. The van der Waals surface area contributed by atoms with Crippen molar-refractivity contribution in [3.63, 3.8) is 0 Å². The molecule has 1 aromatic rings. The summed E-state index contributed by atoms with van der Waals surface area (Å²) in [5.41, 5.74) is 0.346. The van der Waals surface area contributed by atoms with Crippen LogP contribution in [0.5, 0.6) is 0 Å². The number of carboxylic acids is 1. The normalized spacial score (nSPS) is 27.4. The Kier molecular flexibility index (Phi) is 8.86. The standard InChI is InChI=1S/C17H25N3O4.2ClH/c1-2-24-17(23)15-9-20(10-19-15)8-11-3-4-12-7-18-14(16(21)22)6-13(12)5-11;;/h9-14,18H,2-8H2,1H3,(H,21,22);2*1H/t11-,12-,13+,14-;;/m0../s1. The zero-order valence-electron chi connectivity index (χ0n) is 14.8. The fourth-order valence-electron chi connectivity index (χ4n) is 4.08. The molecule has 1 saturated heterocycles. The van der Waals surface area contributed by atoms with Gasteiger partial charge in [0.25, 0.3) is 0 Å². The Morgan fingerprint density at radius 3 is 2.77 bits per heavy atom. The molecule has 7 nitrogen and oxygen atoms in total. The van der Waals surface area contributed by atoms with Gasteiger partial charge in [-0.05, 0) is 56.9 Å². The Morgan fingerprint density at radius 2 is 2.08 bits per heavy atom. The first-order valence-corrected chi connectivity index (χ1v) is 8.72. The van der Waals surface area contributed by atoms with Gasteiger partial charge in [-0.25, -0.2) is 9.78 Å². The van der Waals surface area contributed by atoms with E-state index in [-0.39, 0.29) is 30.8 Å². The van der Waals surface area contributed by atoms with Crippen LogP contribution in [-0.2, 0) is 16.1 Å². The van der Waals surface area contributed by atoms with Crippen molar-refractivity contribution in [3.8, 4) is 0 Å². The molecule has 3 rings (SSSR count). The van der Waals surface area contributed by atoms with Crippen molar-refractivity contribution in [1.29, 1.82) is 0 Å². The molecular weight excluding hydrogens is 381 g/mol. The van der Waals surface area contributed by atoms with E-state index in [0.717, 1.165) is 32.4 Å². The van der Waals surface area contributed by atoms with Gasteiger partial charge >= 0.3 is 11.9 Å². The Morgan fingerprint density at radius 1 is 1.31 bits per heavy atom. The van der Waals surface area contributed by atoms with E-state index < -0.39 is 12.0 Å². The molecule has 0 unspecified atom stereocenters. The van der Waals surface area contributed by atoms with Gasteiger partial charge in [-0.15, -0.1) is 24.8 Å².